The molecule has 1 fully saturated rings. The van der Waals surface area contributed by atoms with Gasteiger partial charge in [0, 0.05) is 11.1 Å². The largest absolute Gasteiger partial charge is 0.497 e. The van der Waals surface area contributed by atoms with Crippen molar-refractivity contribution in [2.45, 2.75) is 64.5 Å². The molecular formula is C27H40NO3+. The molecule has 0 spiro atoms. The zero-order valence-electron chi connectivity index (χ0n) is 19.8. The fourth-order valence-electron chi connectivity index (χ4n) is 4.77. The Morgan fingerprint density at radius 3 is 2.26 bits per heavy atom. The number of nitrogens with zero attached hydrogens (tertiary/aromatic N) is 1. The van der Waals surface area contributed by atoms with Crippen molar-refractivity contribution in [2.75, 3.05) is 33.4 Å². The van der Waals surface area contributed by atoms with Crippen LogP contribution in [0.1, 0.15) is 57.6 Å². The van der Waals surface area contributed by atoms with Gasteiger partial charge in [0.25, 0.3) is 0 Å². The molecular weight excluding hydrogens is 386 g/mol. The third kappa shape index (κ3) is 6.72. The van der Waals surface area contributed by atoms with E-state index in [0.717, 1.165) is 47.7 Å². The molecule has 0 unspecified atom stereocenters. The third-order valence-corrected chi connectivity index (χ3v) is 6.40. The maximum atomic E-state index is 11.0. The second-order valence-electron chi connectivity index (χ2n) is 10.1. The Hall–Kier alpha value is -2.04. The molecule has 4 heteroatoms. The monoisotopic (exact) mass is 426 g/mol. The van der Waals surface area contributed by atoms with Gasteiger partial charge in [-0.15, -0.1) is 0 Å². The molecule has 0 radical (unpaired) electrons. The molecule has 1 heterocycles. The van der Waals surface area contributed by atoms with Crippen molar-refractivity contribution < 1.29 is 19.1 Å². The van der Waals surface area contributed by atoms with E-state index in [9.17, 15) is 5.11 Å². The zero-order valence-corrected chi connectivity index (χ0v) is 19.8. The Kier molecular flexibility index (Phi) is 8.01. The molecule has 0 aromatic heterocycles. The molecule has 1 atom stereocenters. The minimum Gasteiger partial charge on any atom is -0.497 e. The number of hydrogen-bond acceptors (Lipinski definition) is 3. The van der Waals surface area contributed by atoms with E-state index in [1.54, 1.807) is 7.11 Å². The number of benzene rings is 2. The maximum Gasteiger partial charge on any atom is 0.137 e. The van der Waals surface area contributed by atoms with Gasteiger partial charge >= 0.3 is 0 Å². The molecule has 0 bridgehead atoms. The molecule has 31 heavy (non-hydrogen) atoms. The van der Waals surface area contributed by atoms with E-state index in [0.29, 0.717) is 6.61 Å². The maximum absolute atomic E-state index is 11.0. The number of aliphatic hydroxyl groups excluding tert-OH is 1. The first-order valence-electron chi connectivity index (χ1n) is 11.7. The molecule has 2 aromatic carbocycles. The second-order valence-corrected chi connectivity index (χ2v) is 10.1. The number of methoxy groups -OCH3 is 1. The predicted octanol–water partition coefficient (Wildman–Crippen LogP) is 5.32. The average Bonchev–Trinajstić information content (AvgIpc) is 2.97. The summed E-state index contributed by atoms with van der Waals surface area (Å²) in [6.07, 6.45) is 4.54. The van der Waals surface area contributed by atoms with Gasteiger partial charge in [0.2, 0.25) is 0 Å². The zero-order chi connectivity index (χ0) is 22.3. The molecule has 3 rings (SSSR count). The van der Waals surface area contributed by atoms with Crippen molar-refractivity contribution in [1.29, 1.82) is 0 Å². The van der Waals surface area contributed by atoms with Crippen LogP contribution in [0.5, 0.6) is 11.5 Å². The van der Waals surface area contributed by atoms with Crippen LogP contribution in [0.3, 0.4) is 0 Å². The highest BCUT2D eigenvalue weighted by Crippen LogP contribution is 2.34. The van der Waals surface area contributed by atoms with Crippen LogP contribution in [0, 0.1) is 0 Å². The molecule has 0 aliphatic carbocycles. The Morgan fingerprint density at radius 2 is 1.65 bits per heavy atom. The van der Waals surface area contributed by atoms with Crippen LogP contribution < -0.4 is 9.47 Å². The Labute approximate surface area is 188 Å². The molecule has 4 nitrogen and oxygen atoms in total. The van der Waals surface area contributed by atoms with Crippen LogP contribution in [0.4, 0.5) is 0 Å². The molecule has 2 aromatic rings. The number of hydrogen-bond donors (Lipinski definition) is 1. The average molecular weight is 427 g/mol. The van der Waals surface area contributed by atoms with Gasteiger partial charge in [-0.1, -0.05) is 51.1 Å². The summed E-state index contributed by atoms with van der Waals surface area (Å²) in [4.78, 5) is 0. The van der Waals surface area contributed by atoms with Crippen LogP contribution >= 0.6 is 0 Å². The van der Waals surface area contributed by atoms with E-state index in [-0.39, 0.29) is 5.41 Å². The summed E-state index contributed by atoms with van der Waals surface area (Å²) in [6.45, 7) is 10.8. The third-order valence-electron chi connectivity index (χ3n) is 6.40. The quantitative estimate of drug-likeness (QED) is 0.580. The summed E-state index contributed by atoms with van der Waals surface area (Å²) in [6, 6.07) is 16.6. The SMILES string of the molecule is COc1ccc(OC[C@H](O)C[N+]2(Cc3ccccc3)CCCCCC2)c(C(C)(C)C)c1. The van der Waals surface area contributed by atoms with E-state index < -0.39 is 6.10 Å². The fourth-order valence-corrected chi connectivity index (χ4v) is 4.77. The predicted molar refractivity (Wildman–Crippen MR) is 127 cm³/mol. The number of quaternary nitrogens is 1. The van der Waals surface area contributed by atoms with Gasteiger partial charge in [0.15, 0.2) is 0 Å². The van der Waals surface area contributed by atoms with Crippen LogP contribution in [-0.4, -0.2) is 49.0 Å². The van der Waals surface area contributed by atoms with Crippen LogP contribution in [0.25, 0.3) is 0 Å². The van der Waals surface area contributed by atoms with Gasteiger partial charge in [0.1, 0.15) is 37.3 Å². The van der Waals surface area contributed by atoms with Gasteiger partial charge in [-0.3, -0.25) is 0 Å². The van der Waals surface area contributed by atoms with Gasteiger partial charge in [-0.05, 0) is 49.3 Å². The smallest absolute Gasteiger partial charge is 0.137 e. The summed E-state index contributed by atoms with van der Waals surface area (Å²) >= 11 is 0. The van der Waals surface area contributed by atoms with E-state index in [1.807, 2.05) is 18.2 Å². The van der Waals surface area contributed by atoms with E-state index >= 15 is 0 Å². The molecule has 1 saturated heterocycles. The number of likely N-dealkylation sites (tertiary alicyclic amines) is 1. The van der Waals surface area contributed by atoms with Crippen molar-refractivity contribution in [3.63, 3.8) is 0 Å². The molecule has 0 saturated carbocycles. The second kappa shape index (κ2) is 10.5. The minimum atomic E-state index is -0.503. The topological polar surface area (TPSA) is 38.7 Å². The van der Waals surface area contributed by atoms with Crippen molar-refractivity contribution in [3.05, 3.63) is 59.7 Å². The highest BCUT2D eigenvalue weighted by atomic mass is 16.5. The summed E-state index contributed by atoms with van der Waals surface area (Å²) in [7, 11) is 1.68. The Bertz CT molecular complexity index is 805. The van der Waals surface area contributed by atoms with Gasteiger partial charge in [-0.25, -0.2) is 0 Å². The molecule has 1 aliphatic rings. The highest BCUT2D eigenvalue weighted by molar-refractivity contribution is 5.44. The first kappa shape index (κ1) is 23.6. The number of ether oxygens (including phenoxy) is 2. The first-order valence-corrected chi connectivity index (χ1v) is 11.7. The van der Waals surface area contributed by atoms with Crippen molar-refractivity contribution >= 4 is 0 Å². The van der Waals surface area contributed by atoms with Crippen molar-refractivity contribution in [2.24, 2.45) is 0 Å². The summed E-state index contributed by atoms with van der Waals surface area (Å²) in [5.41, 5.74) is 2.38. The molecule has 0 amide bonds. The molecule has 1 N–H and O–H groups in total. The highest BCUT2D eigenvalue weighted by Gasteiger charge is 2.32. The normalized spacial score (nSPS) is 17.6. The van der Waals surface area contributed by atoms with E-state index in [4.69, 9.17) is 9.47 Å². The lowest BCUT2D eigenvalue weighted by atomic mass is 9.86. The van der Waals surface area contributed by atoms with Crippen molar-refractivity contribution in [3.8, 4) is 11.5 Å². The van der Waals surface area contributed by atoms with Crippen LogP contribution in [-0.2, 0) is 12.0 Å². The standard InChI is InChI=1S/C27H40NO3/c1-27(2,3)25-18-24(30-4)14-15-26(25)31-21-23(29)20-28(16-10-5-6-11-17-28)19-22-12-8-7-9-13-22/h7-9,12-15,18,23,29H,5-6,10-11,16-17,19-21H2,1-4H3/q+1/t23-/m1/s1. The van der Waals surface area contributed by atoms with Gasteiger partial charge in [-0.2, -0.15) is 0 Å². The molecule has 1 aliphatic heterocycles. The van der Waals surface area contributed by atoms with Crippen molar-refractivity contribution in [1.82, 2.24) is 0 Å². The summed E-state index contributed by atoms with van der Waals surface area (Å²) < 4.78 is 12.5. The van der Waals surface area contributed by atoms with E-state index in [1.165, 1.54) is 31.2 Å². The number of rotatable bonds is 8. The summed E-state index contributed by atoms with van der Waals surface area (Å²) in [5, 5.41) is 11.0. The Morgan fingerprint density at radius 1 is 0.968 bits per heavy atom. The first-order chi connectivity index (χ1) is 14.8. The van der Waals surface area contributed by atoms with E-state index in [2.05, 4.69) is 51.1 Å². The Balaban J connectivity index is 1.71. The summed E-state index contributed by atoms with van der Waals surface area (Å²) in [5.74, 6) is 1.66. The van der Waals surface area contributed by atoms with Crippen LogP contribution in [0.2, 0.25) is 0 Å². The fraction of sp³-hybridized carbons (Fsp3) is 0.556. The molecule has 170 valence electrons. The number of aliphatic hydroxyl groups is 1. The minimum absolute atomic E-state index is 0.0687. The van der Waals surface area contributed by atoms with Gasteiger partial charge < -0.3 is 19.1 Å². The van der Waals surface area contributed by atoms with Crippen LogP contribution in [0.15, 0.2) is 48.5 Å². The lowest BCUT2D eigenvalue weighted by molar-refractivity contribution is -0.942. The lowest BCUT2D eigenvalue weighted by Gasteiger charge is -2.39. The van der Waals surface area contributed by atoms with Gasteiger partial charge in [0.05, 0.1) is 20.2 Å². The lowest BCUT2D eigenvalue weighted by Crippen LogP contribution is -2.53.